The van der Waals surface area contributed by atoms with Crippen molar-refractivity contribution >= 4 is 41.6 Å². The molecule has 4 amide bonds. The molecule has 17 heteroatoms. The lowest BCUT2D eigenvalue weighted by Crippen LogP contribution is -2.48. The Bertz CT molecular complexity index is 1780. The van der Waals surface area contributed by atoms with Crippen molar-refractivity contribution in [2.24, 2.45) is 23.4 Å². The van der Waals surface area contributed by atoms with Gasteiger partial charge in [0.15, 0.2) is 0 Å². The van der Waals surface area contributed by atoms with Crippen LogP contribution in [0.25, 0.3) is 11.4 Å². The van der Waals surface area contributed by atoms with Gasteiger partial charge in [0.1, 0.15) is 12.6 Å². The highest BCUT2D eigenvalue weighted by molar-refractivity contribution is 5.96. The summed E-state index contributed by atoms with van der Waals surface area (Å²) in [6.45, 7) is 26.1. The molecule has 0 saturated heterocycles. The highest BCUT2D eigenvalue weighted by atomic mass is 16.6. The normalized spacial score (nSPS) is 13.8. The molecule has 0 bridgehead atoms. The van der Waals surface area contributed by atoms with Crippen LogP contribution < -0.4 is 37.9 Å². The minimum absolute atomic E-state index is 0.0186. The smallest absolute Gasteiger partial charge is 0.407 e. The van der Waals surface area contributed by atoms with Crippen LogP contribution >= 0.6 is 0 Å². The van der Waals surface area contributed by atoms with E-state index in [1.165, 1.54) is 6.42 Å². The minimum atomic E-state index is -0.733. The number of fused-ring (bicyclic) bond motifs is 2. The van der Waals surface area contributed by atoms with Gasteiger partial charge in [-0.1, -0.05) is 90.4 Å². The molecule has 17 nitrogen and oxygen atoms in total. The molecule has 1 unspecified atom stereocenters. The summed E-state index contributed by atoms with van der Waals surface area (Å²) in [7, 11) is 3.19. The molecule has 0 aromatic heterocycles. The fourth-order valence-electron chi connectivity index (χ4n) is 5.35. The van der Waals surface area contributed by atoms with E-state index in [1.54, 1.807) is 19.1 Å². The summed E-state index contributed by atoms with van der Waals surface area (Å²) < 4.78 is 26.5. The number of aliphatic hydroxyl groups is 1. The fourth-order valence-corrected chi connectivity index (χ4v) is 5.35. The molecule has 0 radical (unpaired) electrons. The predicted molar refractivity (Wildman–Crippen MR) is 272 cm³/mol. The number of alkyl carbamates (subject to hydrolysis) is 2. The van der Waals surface area contributed by atoms with E-state index in [0.29, 0.717) is 69.4 Å². The quantitative estimate of drug-likeness (QED) is 0.0246. The summed E-state index contributed by atoms with van der Waals surface area (Å²) in [5.74, 6) is 6.77. The number of nitrogens with two attached hydrogens (primary N) is 2. The number of unbranched alkanes of at least 4 members (excludes halogenated alkanes) is 1. The summed E-state index contributed by atoms with van der Waals surface area (Å²) in [6, 6.07) is 14.5. The molecule has 0 fully saturated rings. The molecular formula is C51H89N7O10. The second-order valence-corrected chi connectivity index (χ2v) is 19.1. The molecule has 1 aliphatic heterocycles. The van der Waals surface area contributed by atoms with Crippen molar-refractivity contribution in [3.8, 4) is 0 Å². The Morgan fingerprint density at radius 2 is 1.38 bits per heavy atom. The topological polar surface area (TPSA) is 238 Å². The maximum atomic E-state index is 12.5. The van der Waals surface area contributed by atoms with E-state index < -0.39 is 29.4 Å². The first-order valence-corrected chi connectivity index (χ1v) is 23.8. The SMILES string of the molecule is CCC(C)C.CCCNC(=O)C(CCCCNC(=O)OCCC(C)C)NC(=O)OCC(C)(C)OCC(C)(C)OC.COC(C)(C)CO.NN/C1=C(\N)c2ccccc2CN(C=O)c2ccccc21. The number of carbonyl (C=O) groups is 4. The molecule has 68 heavy (non-hydrogen) atoms. The number of hydrazine groups is 1. The van der Waals surface area contributed by atoms with Gasteiger partial charge in [0.05, 0.1) is 60.3 Å². The summed E-state index contributed by atoms with van der Waals surface area (Å²) in [5, 5.41) is 16.6. The van der Waals surface area contributed by atoms with Gasteiger partial charge in [-0.15, -0.1) is 0 Å². The van der Waals surface area contributed by atoms with Crippen molar-refractivity contribution in [3.05, 3.63) is 65.2 Å². The first-order valence-electron chi connectivity index (χ1n) is 23.8. The minimum Gasteiger partial charge on any atom is -0.450 e. The van der Waals surface area contributed by atoms with Crippen LogP contribution in [0.1, 0.15) is 138 Å². The molecule has 0 aliphatic carbocycles. The highest BCUT2D eigenvalue weighted by Crippen LogP contribution is 2.33. The second kappa shape index (κ2) is 33.5. The average molecular weight is 960 g/mol. The predicted octanol–water partition coefficient (Wildman–Crippen LogP) is 7.64. The third-order valence-electron chi connectivity index (χ3n) is 10.6. The first kappa shape index (κ1) is 63.1. The van der Waals surface area contributed by atoms with Crippen LogP contribution in [-0.4, -0.2) is 106 Å². The number of hydrogen-bond acceptors (Lipinski definition) is 13. The van der Waals surface area contributed by atoms with Gasteiger partial charge in [-0.2, -0.15) is 0 Å². The van der Waals surface area contributed by atoms with Gasteiger partial charge in [-0.25, -0.2) is 9.59 Å². The van der Waals surface area contributed by atoms with E-state index >= 15 is 0 Å². The van der Waals surface area contributed by atoms with Crippen LogP contribution in [-0.2, 0) is 39.8 Å². The molecule has 1 aliphatic rings. The Hall–Kier alpha value is -4.94. The number of anilines is 1. The number of ether oxygens (including phenoxy) is 5. The van der Waals surface area contributed by atoms with Gasteiger partial charge in [-0.3, -0.25) is 15.4 Å². The zero-order chi connectivity index (χ0) is 51.9. The number of rotatable bonds is 23. The Morgan fingerprint density at radius 1 is 0.779 bits per heavy atom. The lowest BCUT2D eigenvalue weighted by atomic mass is 9.97. The van der Waals surface area contributed by atoms with E-state index in [9.17, 15) is 19.2 Å². The van der Waals surface area contributed by atoms with Crippen molar-refractivity contribution in [3.63, 3.8) is 0 Å². The lowest BCUT2D eigenvalue weighted by molar-refractivity contribution is -0.124. The van der Waals surface area contributed by atoms with E-state index in [2.05, 4.69) is 56.0 Å². The summed E-state index contributed by atoms with van der Waals surface area (Å²) in [4.78, 5) is 49.7. The molecule has 2 aromatic rings. The first-order chi connectivity index (χ1) is 32.0. The van der Waals surface area contributed by atoms with Crippen LogP contribution in [0.15, 0.2) is 48.5 Å². The second-order valence-electron chi connectivity index (χ2n) is 19.1. The molecule has 0 saturated carbocycles. The Balaban J connectivity index is 0.00000113. The average Bonchev–Trinajstić information content (AvgIpc) is 3.31. The van der Waals surface area contributed by atoms with Crippen LogP contribution in [0.5, 0.6) is 0 Å². The Morgan fingerprint density at radius 3 is 1.91 bits per heavy atom. The lowest BCUT2D eigenvalue weighted by Gasteiger charge is -2.30. The zero-order valence-corrected chi connectivity index (χ0v) is 43.8. The van der Waals surface area contributed by atoms with Crippen LogP contribution in [0.2, 0.25) is 0 Å². The Labute approximate surface area is 408 Å². The van der Waals surface area contributed by atoms with Gasteiger partial charge in [-0.05, 0) is 97.1 Å². The van der Waals surface area contributed by atoms with Crippen LogP contribution in [0.3, 0.4) is 0 Å². The van der Waals surface area contributed by atoms with Gasteiger partial charge >= 0.3 is 12.2 Å². The number of nitrogens with zero attached hydrogens (tertiary/aromatic N) is 1. The molecule has 2 aromatic carbocycles. The summed E-state index contributed by atoms with van der Waals surface area (Å²) in [6.07, 6.45) is 4.29. The standard InChI is InChI=1S/C25H49N3O7.C16H16N4O.C5H12O2.C5H12/c1-9-14-26-21(29)20(12-10-11-15-27-22(30)33-16-13-19(2)3)28-23(31)34-17-25(6,7)35-18-24(4,5)32-8;17-15-12-6-2-1-5-11(12)9-20(10-21)14-8-4-3-7-13(14)16(15)19-18;1-5(2,4-6)7-3;1-4-5(2)3/h19-20H,9-18H2,1-8H3,(H,26,29)(H,27,30)(H,28,31);1-8,10,19H,9,17-18H2;6H,4H2,1-3H3;5H,4H2,1-3H3/b;16-15-;;. The monoisotopic (exact) mass is 960 g/mol. The molecule has 388 valence electrons. The van der Waals surface area contributed by atoms with Crippen molar-refractivity contribution in [1.29, 1.82) is 0 Å². The van der Waals surface area contributed by atoms with Crippen molar-refractivity contribution < 1.29 is 48.0 Å². The molecular weight excluding hydrogens is 871 g/mol. The number of methoxy groups -OCH3 is 2. The summed E-state index contributed by atoms with van der Waals surface area (Å²) in [5.41, 5.74) is 12.1. The van der Waals surface area contributed by atoms with E-state index in [4.69, 9.17) is 40.4 Å². The van der Waals surface area contributed by atoms with E-state index in [-0.39, 0.29) is 24.7 Å². The maximum absolute atomic E-state index is 12.5. The van der Waals surface area contributed by atoms with Crippen LogP contribution in [0.4, 0.5) is 15.3 Å². The third kappa shape index (κ3) is 26.6. The van der Waals surface area contributed by atoms with Crippen molar-refractivity contribution in [2.45, 2.75) is 151 Å². The third-order valence-corrected chi connectivity index (χ3v) is 10.6. The molecule has 1 atom stereocenters. The number of aliphatic hydroxyl groups excluding tert-OH is 1. The number of hydrogen-bond donors (Lipinski definition) is 7. The number of para-hydroxylation sites is 1. The van der Waals surface area contributed by atoms with Crippen molar-refractivity contribution in [1.82, 2.24) is 21.4 Å². The summed E-state index contributed by atoms with van der Waals surface area (Å²) >= 11 is 0. The highest BCUT2D eigenvalue weighted by Gasteiger charge is 2.28. The Kier molecular flexibility index (Phi) is 31.1. The fraction of sp³-hybridized carbons (Fsp3) is 0.647. The van der Waals surface area contributed by atoms with Gasteiger partial charge in [0.25, 0.3) is 0 Å². The molecule has 3 rings (SSSR count). The zero-order valence-electron chi connectivity index (χ0n) is 43.8. The molecule has 0 spiro atoms. The van der Waals surface area contributed by atoms with Crippen LogP contribution in [0, 0.1) is 11.8 Å². The number of amides is 4. The molecule has 1 heterocycles. The van der Waals surface area contributed by atoms with E-state index in [1.807, 2.05) is 97.0 Å². The van der Waals surface area contributed by atoms with Crippen molar-refractivity contribution in [2.75, 3.05) is 58.6 Å². The molecule has 9 N–H and O–H groups in total. The maximum Gasteiger partial charge on any atom is 0.407 e. The number of nitrogens with one attached hydrogen (secondary N) is 4. The number of benzene rings is 2. The largest absolute Gasteiger partial charge is 0.450 e. The van der Waals surface area contributed by atoms with Gasteiger partial charge in [0, 0.05) is 38.4 Å². The van der Waals surface area contributed by atoms with Gasteiger partial charge < -0.3 is 60.8 Å². The van der Waals surface area contributed by atoms with E-state index in [0.717, 1.165) is 47.5 Å². The van der Waals surface area contributed by atoms with Gasteiger partial charge in [0.2, 0.25) is 12.3 Å². The number of carbonyl (C=O) groups excluding carboxylic acids is 4.